The van der Waals surface area contributed by atoms with E-state index in [9.17, 15) is 0 Å². The maximum absolute atomic E-state index is 6.17. The van der Waals surface area contributed by atoms with Crippen molar-refractivity contribution < 1.29 is 0 Å². The third-order valence-electron chi connectivity index (χ3n) is 3.21. The summed E-state index contributed by atoms with van der Waals surface area (Å²) >= 11 is 0. The van der Waals surface area contributed by atoms with Gasteiger partial charge in [0.25, 0.3) is 0 Å². The SMILES string of the molecule is NC1(c2cncc(-c3ccccc3)c2)CC1. The van der Waals surface area contributed by atoms with Crippen molar-refractivity contribution in [3.8, 4) is 11.1 Å². The summed E-state index contributed by atoms with van der Waals surface area (Å²) in [6.45, 7) is 0. The Bertz CT molecular complexity index is 501. The van der Waals surface area contributed by atoms with Crippen LogP contribution in [0.2, 0.25) is 0 Å². The predicted octanol–water partition coefficient (Wildman–Crippen LogP) is 2.70. The van der Waals surface area contributed by atoms with Gasteiger partial charge >= 0.3 is 0 Å². The summed E-state index contributed by atoms with van der Waals surface area (Å²) in [4.78, 5) is 4.29. The van der Waals surface area contributed by atoms with Gasteiger partial charge in [0.15, 0.2) is 0 Å². The van der Waals surface area contributed by atoms with Crippen LogP contribution in [0, 0.1) is 0 Å². The molecule has 1 aromatic carbocycles. The minimum atomic E-state index is -0.0994. The first-order valence-corrected chi connectivity index (χ1v) is 5.58. The molecular weight excluding hydrogens is 196 g/mol. The Morgan fingerprint density at radius 2 is 1.75 bits per heavy atom. The first-order valence-electron chi connectivity index (χ1n) is 5.58. The van der Waals surface area contributed by atoms with Crippen LogP contribution < -0.4 is 5.73 Å². The number of rotatable bonds is 2. The minimum absolute atomic E-state index is 0.0994. The number of aromatic nitrogens is 1. The fourth-order valence-corrected chi connectivity index (χ4v) is 1.92. The summed E-state index contributed by atoms with van der Waals surface area (Å²) in [6, 6.07) is 12.4. The molecule has 0 unspecified atom stereocenters. The van der Waals surface area contributed by atoms with Crippen molar-refractivity contribution in [2.45, 2.75) is 18.4 Å². The van der Waals surface area contributed by atoms with E-state index in [0.29, 0.717) is 0 Å². The summed E-state index contributed by atoms with van der Waals surface area (Å²) < 4.78 is 0. The van der Waals surface area contributed by atoms with Gasteiger partial charge in [-0.2, -0.15) is 0 Å². The van der Waals surface area contributed by atoms with Crippen LogP contribution in [0.4, 0.5) is 0 Å². The van der Waals surface area contributed by atoms with Gasteiger partial charge in [0.1, 0.15) is 0 Å². The summed E-state index contributed by atoms with van der Waals surface area (Å²) in [5.74, 6) is 0. The summed E-state index contributed by atoms with van der Waals surface area (Å²) in [5, 5.41) is 0. The van der Waals surface area contributed by atoms with Crippen molar-refractivity contribution in [2.75, 3.05) is 0 Å². The highest BCUT2D eigenvalue weighted by molar-refractivity contribution is 5.63. The van der Waals surface area contributed by atoms with Crippen LogP contribution in [0.1, 0.15) is 18.4 Å². The van der Waals surface area contributed by atoms with Gasteiger partial charge in [-0.1, -0.05) is 30.3 Å². The van der Waals surface area contributed by atoms with Gasteiger partial charge in [-0.05, 0) is 30.0 Å². The average molecular weight is 210 g/mol. The second-order valence-electron chi connectivity index (χ2n) is 4.48. The van der Waals surface area contributed by atoms with E-state index in [2.05, 4.69) is 23.2 Å². The first kappa shape index (κ1) is 9.55. The molecule has 1 aliphatic rings. The molecule has 1 saturated carbocycles. The van der Waals surface area contributed by atoms with Crippen molar-refractivity contribution in [3.05, 3.63) is 54.4 Å². The first-order chi connectivity index (χ1) is 7.78. The molecule has 1 heterocycles. The normalized spacial score (nSPS) is 17.1. The van der Waals surface area contributed by atoms with Crippen molar-refractivity contribution >= 4 is 0 Å². The zero-order chi connectivity index (χ0) is 11.0. The number of hydrogen-bond donors (Lipinski definition) is 1. The maximum atomic E-state index is 6.17. The van der Waals surface area contributed by atoms with E-state index in [1.807, 2.05) is 30.6 Å². The van der Waals surface area contributed by atoms with E-state index in [1.54, 1.807) is 0 Å². The molecule has 80 valence electrons. The molecule has 2 nitrogen and oxygen atoms in total. The topological polar surface area (TPSA) is 38.9 Å². The summed E-state index contributed by atoms with van der Waals surface area (Å²) in [7, 11) is 0. The average Bonchev–Trinajstić information content (AvgIpc) is 3.10. The van der Waals surface area contributed by atoms with Gasteiger partial charge in [0, 0.05) is 23.5 Å². The molecule has 3 rings (SSSR count). The molecule has 1 aromatic heterocycles. The molecule has 0 aliphatic heterocycles. The van der Waals surface area contributed by atoms with Gasteiger partial charge in [-0.3, -0.25) is 4.98 Å². The quantitative estimate of drug-likeness (QED) is 0.827. The van der Waals surface area contributed by atoms with Crippen molar-refractivity contribution in [1.82, 2.24) is 4.98 Å². The van der Waals surface area contributed by atoms with Crippen LogP contribution in [0.25, 0.3) is 11.1 Å². The van der Waals surface area contributed by atoms with Gasteiger partial charge < -0.3 is 5.73 Å². The third kappa shape index (κ3) is 1.61. The Morgan fingerprint density at radius 1 is 1.00 bits per heavy atom. The Morgan fingerprint density at radius 3 is 2.44 bits per heavy atom. The van der Waals surface area contributed by atoms with E-state index in [4.69, 9.17) is 5.73 Å². The number of nitrogens with zero attached hydrogens (tertiary/aromatic N) is 1. The maximum Gasteiger partial charge on any atom is 0.0426 e. The van der Waals surface area contributed by atoms with E-state index in [0.717, 1.165) is 24.0 Å². The Kier molecular flexibility index (Phi) is 2.04. The second-order valence-corrected chi connectivity index (χ2v) is 4.48. The zero-order valence-corrected chi connectivity index (χ0v) is 9.06. The number of nitrogens with two attached hydrogens (primary N) is 1. The van der Waals surface area contributed by atoms with Gasteiger partial charge in [-0.25, -0.2) is 0 Å². The second kappa shape index (κ2) is 3.42. The highest BCUT2D eigenvalue weighted by Crippen LogP contribution is 2.43. The molecule has 0 radical (unpaired) electrons. The zero-order valence-electron chi connectivity index (χ0n) is 9.06. The highest BCUT2D eigenvalue weighted by atomic mass is 14.8. The van der Waals surface area contributed by atoms with E-state index in [-0.39, 0.29) is 5.54 Å². The van der Waals surface area contributed by atoms with Gasteiger partial charge in [0.05, 0.1) is 0 Å². The van der Waals surface area contributed by atoms with Crippen LogP contribution in [0.3, 0.4) is 0 Å². The van der Waals surface area contributed by atoms with Crippen LogP contribution in [-0.4, -0.2) is 4.98 Å². The lowest BCUT2D eigenvalue weighted by Gasteiger charge is -2.10. The predicted molar refractivity (Wildman–Crippen MR) is 64.8 cm³/mol. The highest BCUT2D eigenvalue weighted by Gasteiger charge is 2.40. The molecule has 16 heavy (non-hydrogen) atoms. The fraction of sp³-hybridized carbons (Fsp3) is 0.214. The molecule has 0 bridgehead atoms. The minimum Gasteiger partial charge on any atom is -0.321 e. The monoisotopic (exact) mass is 210 g/mol. The molecule has 2 aromatic rings. The van der Waals surface area contributed by atoms with Gasteiger partial charge in [0.2, 0.25) is 0 Å². The molecule has 0 saturated heterocycles. The van der Waals surface area contributed by atoms with Gasteiger partial charge in [-0.15, -0.1) is 0 Å². The van der Waals surface area contributed by atoms with Crippen molar-refractivity contribution in [1.29, 1.82) is 0 Å². The van der Waals surface area contributed by atoms with E-state index in [1.165, 1.54) is 5.56 Å². The fourth-order valence-electron chi connectivity index (χ4n) is 1.92. The lowest BCUT2D eigenvalue weighted by molar-refractivity contribution is 0.735. The lowest BCUT2D eigenvalue weighted by Crippen LogP contribution is -2.18. The molecule has 1 aliphatic carbocycles. The van der Waals surface area contributed by atoms with Crippen LogP contribution in [-0.2, 0) is 5.54 Å². The molecule has 1 fully saturated rings. The number of benzene rings is 1. The largest absolute Gasteiger partial charge is 0.321 e. The van der Waals surface area contributed by atoms with Crippen molar-refractivity contribution in [2.24, 2.45) is 5.73 Å². The summed E-state index contributed by atoms with van der Waals surface area (Å²) in [5.41, 5.74) is 9.58. The molecule has 0 spiro atoms. The van der Waals surface area contributed by atoms with Crippen LogP contribution >= 0.6 is 0 Å². The standard InChI is InChI=1S/C14H14N2/c15-14(6-7-14)13-8-12(9-16-10-13)11-4-2-1-3-5-11/h1-5,8-10H,6-7,15H2. The Hall–Kier alpha value is -1.67. The third-order valence-corrected chi connectivity index (χ3v) is 3.21. The number of hydrogen-bond acceptors (Lipinski definition) is 2. The van der Waals surface area contributed by atoms with Crippen LogP contribution in [0.15, 0.2) is 48.8 Å². The van der Waals surface area contributed by atoms with Crippen LogP contribution in [0.5, 0.6) is 0 Å². The molecular formula is C14H14N2. The molecule has 0 atom stereocenters. The Labute approximate surface area is 95.1 Å². The smallest absolute Gasteiger partial charge is 0.0426 e. The molecule has 0 amide bonds. The molecule has 2 heteroatoms. The Balaban J connectivity index is 2.03. The molecule has 2 N–H and O–H groups in total. The lowest BCUT2D eigenvalue weighted by atomic mass is 10.0. The summed E-state index contributed by atoms with van der Waals surface area (Å²) in [6.07, 6.45) is 5.93. The van der Waals surface area contributed by atoms with E-state index >= 15 is 0 Å². The number of pyridine rings is 1. The van der Waals surface area contributed by atoms with Crippen molar-refractivity contribution in [3.63, 3.8) is 0 Å². The van der Waals surface area contributed by atoms with E-state index < -0.39 is 0 Å².